The van der Waals surface area contributed by atoms with Gasteiger partial charge in [-0.25, -0.2) is 5.90 Å². The third-order valence-corrected chi connectivity index (χ3v) is 1.71. The Kier molecular flexibility index (Phi) is 3.13. The standard InChI is InChI=1S/C9H10F3NO/c1-6-2-7(5-14-13)4-8(3-6)9(10,11)12/h2-4H,5,13H2,1H3. The van der Waals surface area contributed by atoms with Crippen LogP contribution in [0.5, 0.6) is 0 Å². The fraction of sp³-hybridized carbons (Fsp3) is 0.333. The van der Waals surface area contributed by atoms with Crippen LogP contribution >= 0.6 is 0 Å². The summed E-state index contributed by atoms with van der Waals surface area (Å²) in [6, 6.07) is 3.71. The Bertz CT molecular complexity index is 322. The number of hydrogen-bond acceptors (Lipinski definition) is 2. The van der Waals surface area contributed by atoms with Gasteiger partial charge >= 0.3 is 6.18 Å². The average molecular weight is 205 g/mol. The maximum Gasteiger partial charge on any atom is 0.416 e. The van der Waals surface area contributed by atoms with E-state index in [9.17, 15) is 13.2 Å². The smallest absolute Gasteiger partial charge is 0.300 e. The van der Waals surface area contributed by atoms with Crippen LogP contribution in [0.3, 0.4) is 0 Å². The Labute approximate surface area is 79.4 Å². The normalized spacial score (nSPS) is 11.8. The van der Waals surface area contributed by atoms with Crippen LogP contribution in [-0.4, -0.2) is 0 Å². The molecule has 0 amide bonds. The van der Waals surface area contributed by atoms with E-state index >= 15 is 0 Å². The minimum Gasteiger partial charge on any atom is -0.300 e. The van der Waals surface area contributed by atoms with Gasteiger partial charge in [0, 0.05) is 0 Å². The van der Waals surface area contributed by atoms with E-state index < -0.39 is 11.7 Å². The maximum atomic E-state index is 12.3. The summed E-state index contributed by atoms with van der Waals surface area (Å²) >= 11 is 0. The molecule has 5 heteroatoms. The van der Waals surface area contributed by atoms with Gasteiger partial charge in [0.25, 0.3) is 0 Å². The van der Waals surface area contributed by atoms with Crippen molar-refractivity contribution in [1.29, 1.82) is 0 Å². The van der Waals surface area contributed by atoms with Gasteiger partial charge in [-0.2, -0.15) is 13.2 Å². The summed E-state index contributed by atoms with van der Waals surface area (Å²) in [4.78, 5) is 4.28. The molecule has 1 aromatic carbocycles. The number of halogens is 3. The summed E-state index contributed by atoms with van der Waals surface area (Å²) < 4.78 is 36.9. The molecule has 2 nitrogen and oxygen atoms in total. The van der Waals surface area contributed by atoms with E-state index in [-0.39, 0.29) is 6.61 Å². The van der Waals surface area contributed by atoms with Gasteiger partial charge in [0.05, 0.1) is 12.2 Å². The second-order valence-electron chi connectivity index (χ2n) is 3.02. The third kappa shape index (κ3) is 2.71. The highest BCUT2D eigenvalue weighted by molar-refractivity contribution is 5.30. The molecule has 0 bridgehead atoms. The lowest BCUT2D eigenvalue weighted by atomic mass is 10.1. The van der Waals surface area contributed by atoms with Crippen molar-refractivity contribution in [3.05, 3.63) is 34.9 Å². The van der Waals surface area contributed by atoms with Crippen molar-refractivity contribution in [3.8, 4) is 0 Å². The van der Waals surface area contributed by atoms with Crippen LogP contribution in [0.1, 0.15) is 16.7 Å². The SMILES string of the molecule is Cc1cc(CON)cc(C(F)(F)F)c1. The predicted octanol–water partition coefficient (Wildman–Crippen LogP) is 2.40. The Hall–Kier alpha value is -1.07. The highest BCUT2D eigenvalue weighted by Gasteiger charge is 2.30. The molecule has 14 heavy (non-hydrogen) atoms. The van der Waals surface area contributed by atoms with Crippen molar-refractivity contribution < 1.29 is 18.0 Å². The van der Waals surface area contributed by atoms with Gasteiger partial charge in [0.2, 0.25) is 0 Å². The van der Waals surface area contributed by atoms with Crippen LogP contribution in [0.25, 0.3) is 0 Å². The third-order valence-electron chi connectivity index (χ3n) is 1.71. The van der Waals surface area contributed by atoms with Crippen LogP contribution in [-0.2, 0) is 17.6 Å². The van der Waals surface area contributed by atoms with E-state index in [4.69, 9.17) is 5.90 Å². The van der Waals surface area contributed by atoms with Crippen LogP contribution in [0, 0.1) is 6.92 Å². The molecule has 0 aliphatic heterocycles. The molecule has 0 aromatic heterocycles. The highest BCUT2D eigenvalue weighted by atomic mass is 19.4. The number of alkyl halides is 3. The molecule has 0 atom stereocenters. The summed E-state index contributed by atoms with van der Waals surface area (Å²) in [6.07, 6.45) is -4.32. The molecule has 0 aliphatic rings. The van der Waals surface area contributed by atoms with Gasteiger partial charge in [0.15, 0.2) is 0 Å². The molecule has 2 N–H and O–H groups in total. The van der Waals surface area contributed by atoms with Crippen molar-refractivity contribution in [1.82, 2.24) is 0 Å². The summed E-state index contributed by atoms with van der Waals surface area (Å²) in [6.45, 7) is 1.57. The Balaban J connectivity index is 3.07. The Morgan fingerprint density at radius 3 is 2.43 bits per heavy atom. The number of hydrogen-bond donors (Lipinski definition) is 1. The molecule has 0 heterocycles. The van der Waals surface area contributed by atoms with Gasteiger partial charge in [-0.05, 0) is 24.6 Å². The topological polar surface area (TPSA) is 35.2 Å². The fourth-order valence-corrected chi connectivity index (χ4v) is 1.21. The molecule has 0 saturated carbocycles. The zero-order chi connectivity index (χ0) is 10.8. The first-order chi connectivity index (χ1) is 6.43. The molecule has 0 saturated heterocycles. The fourth-order valence-electron chi connectivity index (χ4n) is 1.21. The van der Waals surface area contributed by atoms with Crippen LogP contribution in [0.2, 0.25) is 0 Å². The van der Waals surface area contributed by atoms with Gasteiger partial charge < -0.3 is 0 Å². The van der Waals surface area contributed by atoms with Crippen LogP contribution in [0.15, 0.2) is 18.2 Å². The lowest BCUT2D eigenvalue weighted by Gasteiger charge is -2.09. The van der Waals surface area contributed by atoms with E-state index in [1.807, 2.05) is 0 Å². The highest BCUT2D eigenvalue weighted by Crippen LogP contribution is 2.30. The Morgan fingerprint density at radius 2 is 1.93 bits per heavy atom. The molecular weight excluding hydrogens is 195 g/mol. The minimum absolute atomic E-state index is 0.0231. The first kappa shape index (κ1) is 11.0. The van der Waals surface area contributed by atoms with Crippen LogP contribution < -0.4 is 5.90 Å². The van der Waals surface area contributed by atoms with E-state index in [0.29, 0.717) is 11.1 Å². The lowest BCUT2D eigenvalue weighted by Crippen LogP contribution is -2.07. The van der Waals surface area contributed by atoms with E-state index in [0.717, 1.165) is 12.1 Å². The van der Waals surface area contributed by atoms with Gasteiger partial charge in [-0.15, -0.1) is 0 Å². The molecule has 0 unspecified atom stereocenters. The van der Waals surface area contributed by atoms with E-state index in [1.54, 1.807) is 13.0 Å². The van der Waals surface area contributed by atoms with Crippen molar-refractivity contribution in [2.45, 2.75) is 19.7 Å². The summed E-state index contributed by atoms with van der Waals surface area (Å²) in [5.74, 6) is 4.79. The largest absolute Gasteiger partial charge is 0.416 e. The molecule has 78 valence electrons. The maximum absolute atomic E-state index is 12.3. The summed E-state index contributed by atoms with van der Waals surface area (Å²) in [5, 5.41) is 0. The molecular formula is C9H10F3NO. The number of aryl methyl sites for hydroxylation is 1. The molecule has 0 radical (unpaired) electrons. The first-order valence-corrected chi connectivity index (χ1v) is 3.93. The number of nitrogens with two attached hydrogens (primary N) is 1. The van der Waals surface area contributed by atoms with Crippen molar-refractivity contribution in [2.75, 3.05) is 0 Å². The Morgan fingerprint density at radius 1 is 1.29 bits per heavy atom. The average Bonchev–Trinajstić information content (AvgIpc) is 2.02. The van der Waals surface area contributed by atoms with Crippen molar-refractivity contribution >= 4 is 0 Å². The zero-order valence-electron chi connectivity index (χ0n) is 7.56. The quantitative estimate of drug-likeness (QED) is 0.752. The lowest BCUT2D eigenvalue weighted by molar-refractivity contribution is -0.137. The second-order valence-corrected chi connectivity index (χ2v) is 3.02. The summed E-state index contributed by atoms with van der Waals surface area (Å²) in [7, 11) is 0. The van der Waals surface area contributed by atoms with Gasteiger partial charge in [-0.1, -0.05) is 11.6 Å². The number of benzene rings is 1. The van der Waals surface area contributed by atoms with E-state index in [1.165, 1.54) is 0 Å². The molecule has 1 aromatic rings. The summed E-state index contributed by atoms with van der Waals surface area (Å²) in [5.41, 5.74) is 0.274. The molecule has 0 fully saturated rings. The van der Waals surface area contributed by atoms with Crippen LogP contribution in [0.4, 0.5) is 13.2 Å². The van der Waals surface area contributed by atoms with Crippen molar-refractivity contribution in [3.63, 3.8) is 0 Å². The predicted molar refractivity (Wildman–Crippen MR) is 45.2 cm³/mol. The minimum atomic E-state index is -4.32. The molecule has 0 spiro atoms. The van der Waals surface area contributed by atoms with Crippen molar-refractivity contribution in [2.24, 2.45) is 5.90 Å². The second kappa shape index (κ2) is 3.98. The van der Waals surface area contributed by atoms with E-state index in [2.05, 4.69) is 4.84 Å². The zero-order valence-corrected chi connectivity index (χ0v) is 7.56. The number of rotatable bonds is 2. The monoisotopic (exact) mass is 205 g/mol. The first-order valence-electron chi connectivity index (χ1n) is 3.93. The van der Waals surface area contributed by atoms with Gasteiger partial charge in [0.1, 0.15) is 0 Å². The van der Waals surface area contributed by atoms with Gasteiger partial charge in [-0.3, -0.25) is 4.84 Å². The molecule has 0 aliphatic carbocycles. The molecule has 1 rings (SSSR count).